The van der Waals surface area contributed by atoms with E-state index < -0.39 is 12.1 Å². The van der Waals surface area contributed by atoms with E-state index in [-0.39, 0.29) is 45.6 Å². The van der Waals surface area contributed by atoms with Gasteiger partial charge in [0.05, 0.1) is 12.6 Å². The van der Waals surface area contributed by atoms with Gasteiger partial charge in [0.2, 0.25) is 5.91 Å². The van der Waals surface area contributed by atoms with Crippen molar-refractivity contribution in [2.24, 2.45) is 0 Å². The van der Waals surface area contributed by atoms with Crippen LogP contribution in [0.25, 0.3) is 0 Å². The Balaban J connectivity index is 0. The van der Waals surface area contributed by atoms with Gasteiger partial charge in [-0.3, -0.25) is 14.5 Å². The molecule has 204 valence electrons. The van der Waals surface area contributed by atoms with Crippen LogP contribution in [0.1, 0.15) is 81.0 Å². The van der Waals surface area contributed by atoms with Crippen molar-refractivity contribution in [3.8, 4) is 0 Å². The first-order valence-corrected chi connectivity index (χ1v) is 13.1. The lowest BCUT2D eigenvalue weighted by molar-refractivity contribution is -0.144. The number of aldehydes is 1. The fourth-order valence-corrected chi connectivity index (χ4v) is 3.69. The Labute approximate surface area is 213 Å². The molecule has 0 aromatic heterocycles. The molecule has 1 aliphatic carbocycles. The SMILES string of the molecule is CC.CC(=O)OCC1CN(C(=O)CCNC(=O)OC2CC/C=C/CCC2)CCN1CC=O.CCC.[HH]. The second-order valence-electron chi connectivity index (χ2n) is 8.35. The van der Waals surface area contributed by atoms with Crippen molar-refractivity contribution < 1.29 is 30.1 Å². The molecule has 2 amide bonds. The van der Waals surface area contributed by atoms with Gasteiger partial charge in [0.15, 0.2) is 0 Å². The first-order valence-electron chi connectivity index (χ1n) is 13.1. The molecular formula is C26H49N3O6. The highest BCUT2D eigenvalue weighted by Gasteiger charge is 2.30. The zero-order chi connectivity index (χ0) is 26.5. The van der Waals surface area contributed by atoms with Crippen molar-refractivity contribution in [1.82, 2.24) is 15.1 Å². The summed E-state index contributed by atoms with van der Waals surface area (Å²) >= 11 is 0. The van der Waals surface area contributed by atoms with E-state index in [4.69, 9.17) is 9.47 Å². The van der Waals surface area contributed by atoms with Gasteiger partial charge < -0.3 is 24.5 Å². The zero-order valence-corrected chi connectivity index (χ0v) is 22.4. The van der Waals surface area contributed by atoms with Crippen molar-refractivity contribution in [3.63, 3.8) is 0 Å². The maximum absolute atomic E-state index is 12.5. The summed E-state index contributed by atoms with van der Waals surface area (Å²) in [6.45, 7) is 11.5. The number of ether oxygens (including phenoxy) is 2. The molecule has 2 atom stereocenters. The van der Waals surface area contributed by atoms with Gasteiger partial charge >= 0.3 is 12.1 Å². The van der Waals surface area contributed by atoms with Crippen LogP contribution in [0.4, 0.5) is 4.79 Å². The molecule has 0 aromatic rings. The Morgan fingerprint density at radius 2 is 1.80 bits per heavy atom. The van der Waals surface area contributed by atoms with Crippen LogP contribution in [0, 0.1) is 0 Å². The van der Waals surface area contributed by atoms with Crippen LogP contribution in [0.15, 0.2) is 12.2 Å². The first kappa shape index (κ1) is 32.6. The number of alkyl carbamates (subject to hydrolysis) is 1. The van der Waals surface area contributed by atoms with Crippen molar-refractivity contribution in [2.45, 2.75) is 91.7 Å². The Morgan fingerprint density at radius 1 is 1.11 bits per heavy atom. The summed E-state index contributed by atoms with van der Waals surface area (Å²) in [6.07, 6.45) is 10.5. The molecule has 0 bridgehead atoms. The number of hydrogen-bond donors (Lipinski definition) is 1. The molecule has 1 N–H and O–H groups in total. The van der Waals surface area contributed by atoms with Gasteiger partial charge in [0.25, 0.3) is 0 Å². The lowest BCUT2D eigenvalue weighted by Crippen LogP contribution is -2.57. The predicted octanol–water partition coefficient (Wildman–Crippen LogP) is 3.95. The summed E-state index contributed by atoms with van der Waals surface area (Å²) in [5.41, 5.74) is 0. The second kappa shape index (κ2) is 20.9. The molecule has 1 heterocycles. The minimum absolute atomic E-state index is 0. The maximum atomic E-state index is 12.5. The van der Waals surface area contributed by atoms with E-state index in [2.05, 4.69) is 31.3 Å². The fraction of sp³-hybridized carbons (Fsp3) is 0.769. The Kier molecular flexibility index (Phi) is 19.5. The topological polar surface area (TPSA) is 105 Å². The lowest BCUT2D eigenvalue weighted by atomic mass is 10.0. The Hall–Kier alpha value is -2.42. The van der Waals surface area contributed by atoms with Gasteiger partial charge in [-0.2, -0.15) is 0 Å². The number of esters is 1. The van der Waals surface area contributed by atoms with Crippen molar-refractivity contribution in [3.05, 3.63) is 12.2 Å². The number of allylic oxidation sites excluding steroid dienone is 2. The average molecular weight is 500 g/mol. The van der Waals surface area contributed by atoms with E-state index in [1.807, 2.05) is 18.7 Å². The summed E-state index contributed by atoms with van der Waals surface area (Å²) in [4.78, 5) is 50.1. The molecule has 9 nitrogen and oxygen atoms in total. The van der Waals surface area contributed by atoms with Crippen molar-refractivity contribution in [2.75, 3.05) is 39.3 Å². The normalized spacial score (nSPS) is 20.9. The molecule has 35 heavy (non-hydrogen) atoms. The van der Waals surface area contributed by atoms with Crippen LogP contribution < -0.4 is 5.32 Å². The van der Waals surface area contributed by atoms with E-state index in [9.17, 15) is 19.2 Å². The molecule has 2 aliphatic rings. The number of piperazine rings is 1. The summed E-state index contributed by atoms with van der Waals surface area (Å²) in [7, 11) is 0. The van der Waals surface area contributed by atoms with E-state index in [1.54, 1.807) is 4.90 Å². The molecule has 0 aromatic carbocycles. The number of carbonyl (C=O) groups is 4. The van der Waals surface area contributed by atoms with Gasteiger partial charge in [0, 0.05) is 41.0 Å². The molecule has 1 saturated heterocycles. The molecular weight excluding hydrogens is 450 g/mol. The van der Waals surface area contributed by atoms with Crippen LogP contribution >= 0.6 is 0 Å². The van der Waals surface area contributed by atoms with E-state index in [0.717, 1.165) is 38.4 Å². The van der Waals surface area contributed by atoms with E-state index in [0.29, 0.717) is 19.6 Å². The number of nitrogens with one attached hydrogen (secondary N) is 1. The largest absolute Gasteiger partial charge is 0.464 e. The molecule has 0 saturated carbocycles. The third kappa shape index (κ3) is 15.2. The highest BCUT2D eigenvalue weighted by atomic mass is 16.6. The number of hydrogen-bond acceptors (Lipinski definition) is 7. The second-order valence-corrected chi connectivity index (χ2v) is 8.35. The summed E-state index contributed by atoms with van der Waals surface area (Å²) in [5.74, 6) is -0.488. The highest BCUT2D eigenvalue weighted by molar-refractivity contribution is 5.77. The quantitative estimate of drug-likeness (QED) is 0.306. The van der Waals surface area contributed by atoms with Crippen molar-refractivity contribution in [1.29, 1.82) is 0 Å². The average Bonchev–Trinajstić information content (AvgIpc) is 2.82. The van der Waals surface area contributed by atoms with Gasteiger partial charge in [-0.15, -0.1) is 0 Å². The summed E-state index contributed by atoms with van der Waals surface area (Å²) in [5, 5.41) is 2.66. The highest BCUT2D eigenvalue weighted by Crippen LogP contribution is 2.15. The minimum atomic E-state index is -0.485. The smallest absolute Gasteiger partial charge is 0.407 e. The Bertz CT molecular complexity index is 647. The molecule has 1 aliphatic heterocycles. The van der Waals surface area contributed by atoms with Crippen LogP contribution in [0.5, 0.6) is 0 Å². The molecule has 0 radical (unpaired) electrons. The summed E-state index contributed by atoms with van der Waals surface area (Å²) in [6, 6.07) is -0.219. The number of nitrogens with zero attached hydrogens (tertiary/aromatic N) is 2. The molecule has 2 unspecified atom stereocenters. The van der Waals surface area contributed by atoms with Crippen LogP contribution in [-0.4, -0.2) is 85.5 Å². The minimum Gasteiger partial charge on any atom is -0.464 e. The summed E-state index contributed by atoms with van der Waals surface area (Å²) < 4.78 is 10.5. The third-order valence-electron chi connectivity index (χ3n) is 5.35. The van der Waals surface area contributed by atoms with Crippen LogP contribution in [-0.2, 0) is 23.9 Å². The maximum Gasteiger partial charge on any atom is 0.407 e. The molecule has 0 spiro atoms. The van der Waals surface area contributed by atoms with Gasteiger partial charge in [-0.25, -0.2) is 4.79 Å². The zero-order valence-electron chi connectivity index (χ0n) is 22.4. The third-order valence-corrected chi connectivity index (χ3v) is 5.35. The first-order chi connectivity index (χ1) is 16.9. The number of rotatable bonds is 8. The van der Waals surface area contributed by atoms with E-state index in [1.165, 1.54) is 13.3 Å². The van der Waals surface area contributed by atoms with Crippen molar-refractivity contribution >= 4 is 24.3 Å². The lowest BCUT2D eigenvalue weighted by Gasteiger charge is -2.40. The monoisotopic (exact) mass is 499 g/mol. The van der Waals surface area contributed by atoms with E-state index >= 15 is 0 Å². The van der Waals surface area contributed by atoms with Crippen LogP contribution in [0.2, 0.25) is 0 Å². The number of carbonyl (C=O) groups excluding carboxylic acids is 4. The van der Waals surface area contributed by atoms with Crippen LogP contribution in [0.3, 0.4) is 0 Å². The predicted molar refractivity (Wildman–Crippen MR) is 139 cm³/mol. The van der Waals surface area contributed by atoms with Gasteiger partial charge in [-0.05, 0) is 32.1 Å². The Morgan fingerprint density at radius 3 is 2.46 bits per heavy atom. The van der Waals surface area contributed by atoms with Gasteiger partial charge in [0.1, 0.15) is 19.0 Å². The molecule has 9 heteroatoms. The molecule has 1 fully saturated rings. The molecule has 2 rings (SSSR count). The fourth-order valence-electron chi connectivity index (χ4n) is 3.69. The number of amides is 2. The van der Waals surface area contributed by atoms with Gasteiger partial charge in [-0.1, -0.05) is 46.3 Å². The standard InChI is InChI=1S/C21H33N3O6.C3H8.C2H6.H2/c1-17(26)29-16-18-15-24(12-11-23(18)13-14-25)20(27)9-10-22-21(28)30-19-7-5-3-2-4-6-8-19;1-3-2;1-2;/h2-3,14,18-19H,4-13,15-16H2,1H3,(H,22,28);3H2,1-2H3;1-2H3;1H/b3-2+;;;.